The summed E-state index contributed by atoms with van der Waals surface area (Å²) in [6.45, 7) is 3.98. The van der Waals surface area contributed by atoms with Crippen molar-refractivity contribution in [1.29, 1.82) is 5.41 Å². The molecule has 1 atom stereocenters. The highest BCUT2D eigenvalue weighted by atomic mass is 14.9. The third-order valence-electron chi connectivity index (χ3n) is 1.51. The average Bonchev–Trinajstić information content (AvgIpc) is 2.04. The maximum Gasteiger partial charge on any atom is 0.0798 e. The van der Waals surface area contributed by atoms with E-state index in [0.717, 1.165) is 5.57 Å². The molecule has 0 aromatic heterocycles. The molecule has 68 valence electrons. The maximum absolute atomic E-state index is 6.92. The van der Waals surface area contributed by atoms with E-state index in [9.17, 15) is 0 Å². The van der Waals surface area contributed by atoms with E-state index in [1.165, 1.54) is 6.34 Å². The number of allylic oxidation sites excluding steroid dienone is 1. The molecular weight excluding hydrogens is 150 g/mol. The monoisotopic (exact) mass is 167 g/mol. The Bertz CT molecular complexity index is 182. The zero-order valence-corrected chi connectivity index (χ0v) is 7.89. The van der Waals surface area contributed by atoms with Gasteiger partial charge < -0.3 is 10.6 Å². The lowest BCUT2D eigenvalue weighted by Crippen LogP contribution is -2.27. The Kier molecular flexibility index (Phi) is 5.79. The molecule has 0 fully saturated rings. The van der Waals surface area contributed by atoms with E-state index < -0.39 is 0 Å². The summed E-state index contributed by atoms with van der Waals surface area (Å²) in [7, 11) is 1.86. The number of hydrogen-bond acceptors (Lipinski definition) is 2. The van der Waals surface area contributed by atoms with E-state index in [0.29, 0.717) is 0 Å². The van der Waals surface area contributed by atoms with Crippen LogP contribution in [0.4, 0.5) is 0 Å². The molecule has 0 saturated carbocycles. The Morgan fingerprint density at radius 2 is 2.17 bits per heavy atom. The van der Waals surface area contributed by atoms with Gasteiger partial charge in [-0.15, -0.1) is 0 Å². The minimum atomic E-state index is 0.125. The number of hydrogen-bond donors (Lipinski definition) is 3. The minimum Gasteiger partial charge on any atom is -0.394 e. The molecule has 0 aliphatic rings. The molecule has 0 aromatic rings. The fraction of sp³-hybridized carbons (Fsp3) is 0.444. The van der Waals surface area contributed by atoms with Gasteiger partial charge >= 0.3 is 0 Å². The van der Waals surface area contributed by atoms with Crippen molar-refractivity contribution in [3.05, 3.63) is 23.9 Å². The van der Waals surface area contributed by atoms with Gasteiger partial charge in [0.15, 0.2) is 0 Å². The van der Waals surface area contributed by atoms with Crippen LogP contribution in [-0.4, -0.2) is 19.4 Å². The first-order valence-electron chi connectivity index (χ1n) is 3.98. The SMILES string of the molecule is C/C=C\C(NC=N)/C(C)=C/NC. The van der Waals surface area contributed by atoms with Crippen molar-refractivity contribution < 1.29 is 0 Å². The van der Waals surface area contributed by atoms with Gasteiger partial charge in [0.2, 0.25) is 0 Å². The second-order valence-corrected chi connectivity index (χ2v) is 2.49. The van der Waals surface area contributed by atoms with Gasteiger partial charge in [-0.25, -0.2) is 0 Å². The second kappa shape index (κ2) is 6.46. The molecule has 0 rings (SSSR count). The molecule has 12 heavy (non-hydrogen) atoms. The van der Waals surface area contributed by atoms with Crippen molar-refractivity contribution in [1.82, 2.24) is 10.6 Å². The summed E-state index contributed by atoms with van der Waals surface area (Å²) in [5.74, 6) is 0. The van der Waals surface area contributed by atoms with E-state index in [2.05, 4.69) is 10.6 Å². The van der Waals surface area contributed by atoms with Crippen molar-refractivity contribution in [2.75, 3.05) is 7.05 Å². The van der Waals surface area contributed by atoms with Crippen molar-refractivity contribution in [3.8, 4) is 0 Å². The summed E-state index contributed by atoms with van der Waals surface area (Å²) in [6, 6.07) is 0.125. The first kappa shape index (κ1) is 10.8. The van der Waals surface area contributed by atoms with E-state index in [-0.39, 0.29) is 6.04 Å². The molecule has 0 saturated heterocycles. The molecule has 0 aromatic carbocycles. The molecule has 0 spiro atoms. The van der Waals surface area contributed by atoms with Crippen molar-refractivity contribution in [2.45, 2.75) is 19.9 Å². The Labute approximate surface area is 74.1 Å². The van der Waals surface area contributed by atoms with Crippen LogP contribution in [0.2, 0.25) is 0 Å². The highest BCUT2D eigenvalue weighted by Gasteiger charge is 2.02. The van der Waals surface area contributed by atoms with Crippen LogP contribution in [0, 0.1) is 5.41 Å². The number of rotatable bonds is 5. The number of nitrogens with one attached hydrogen (secondary N) is 3. The first-order chi connectivity index (χ1) is 5.76. The van der Waals surface area contributed by atoms with E-state index in [1.807, 2.05) is 39.2 Å². The predicted octanol–water partition coefficient (Wildman–Crippen LogP) is 1.25. The van der Waals surface area contributed by atoms with E-state index >= 15 is 0 Å². The highest BCUT2D eigenvalue weighted by Crippen LogP contribution is 2.00. The quantitative estimate of drug-likeness (QED) is 0.328. The fourth-order valence-corrected chi connectivity index (χ4v) is 0.938. The van der Waals surface area contributed by atoms with Crippen LogP contribution in [0.3, 0.4) is 0 Å². The lowest BCUT2D eigenvalue weighted by molar-refractivity contribution is 0.825. The van der Waals surface area contributed by atoms with Gasteiger partial charge in [0.05, 0.1) is 12.4 Å². The van der Waals surface area contributed by atoms with Gasteiger partial charge in [-0.1, -0.05) is 12.2 Å². The standard InChI is InChI=1S/C9H17N3/c1-4-5-9(12-7-10)8(2)6-11-3/h4-7,9,11H,1-3H3,(H2,10,12)/b5-4-,8-6+. The summed E-state index contributed by atoms with van der Waals surface area (Å²) in [5, 5.41) is 12.8. The van der Waals surface area contributed by atoms with Crippen molar-refractivity contribution in [3.63, 3.8) is 0 Å². The lowest BCUT2D eigenvalue weighted by Gasteiger charge is -2.12. The molecule has 0 amide bonds. The first-order valence-corrected chi connectivity index (χ1v) is 3.98. The van der Waals surface area contributed by atoms with Crippen LogP contribution in [0.1, 0.15) is 13.8 Å². The zero-order valence-electron chi connectivity index (χ0n) is 7.89. The van der Waals surface area contributed by atoms with Crippen LogP contribution < -0.4 is 10.6 Å². The summed E-state index contributed by atoms with van der Waals surface area (Å²) in [5.41, 5.74) is 1.15. The van der Waals surface area contributed by atoms with Crippen molar-refractivity contribution >= 4 is 6.34 Å². The van der Waals surface area contributed by atoms with Gasteiger partial charge in [-0.2, -0.15) is 0 Å². The largest absolute Gasteiger partial charge is 0.394 e. The van der Waals surface area contributed by atoms with Crippen LogP contribution in [-0.2, 0) is 0 Å². The fourth-order valence-electron chi connectivity index (χ4n) is 0.938. The van der Waals surface area contributed by atoms with E-state index in [4.69, 9.17) is 5.41 Å². The van der Waals surface area contributed by atoms with E-state index in [1.54, 1.807) is 0 Å². The third-order valence-corrected chi connectivity index (χ3v) is 1.51. The van der Waals surface area contributed by atoms with Crippen LogP contribution in [0.25, 0.3) is 0 Å². The Morgan fingerprint density at radius 1 is 1.50 bits per heavy atom. The predicted molar refractivity (Wildman–Crippen MR) is 53.3 cm³/mol. The topological polar surface area (TPSA) is 47.9 Å². The maximum atomic E-state index is 6.92. The molecule has 3 nitrogen and oxygen atoms in total. The van der Waals surface area contributed by atoms with Gasteiger partial charge in [0.25, 0.3) is 0 Å². The molecule has 3 heteroatoms. The summed E-state index contributed by atoms with van der Waals surface area (Å²) in [4.78, 5) is 0. The molecule has 1 unspecified atom stereocenters. The molecular formula is C9H17N3. The summed E-state index contributed by atoms with van der Waals surface area (Å²) >= 11 is 0. The third kappa shape index (κ3) is 3.81. The Hall–Kier alpha value is -1.25. The smallest absolute Gasteiger partial charge is 0.0798 e. The molecule has 0 heterocycles. The van der Waals surface area contributed by atoms with Crippen molar-refractivity contribution in [2.24, 2.45) is 0 Å². The van der Waals surface area contributed by atoms with Gasteiger partial charge in [0.1, 0.15) is 0 Å². The van der Waals surface area contributed by atoms with Gasteiger partial charge in [-0.05, 0) is 25.6 Å². The summed E-state index contributed by atoms with van der Waals surface area (Å²) < 4.78 is 0. The van der Waals surface area contributed by atoms with Crippen LogP contribution >= 0.6 is 0 Å². The molecule has 3 N–H and O–H groups in total. The van der Waals surface area contributed by atoms with Crippen LogP contribution in [0.5, 0.6) is 0 Å². The Balaban J connectivity index is 4.27. The summed E-state index contributed by atoms with van der Waals surface area (Å²) in [6.07, 6.45) is 7.10. The second-order valence-electron chi connectivity index (χ2n) is 2.49. The normalized spacial score (nSPS) is 14.4. The molecule has 0 aliphatic carbocycles. The lowest BCUT2D eigenvalue weighted by atomic mass is 10.1. The molecule has 0 radical (unpaired) electrons. The molecule has 0 aliphatic heterocycles. The van der Waals surface area contributed by atoms with Gasteiger partial charge in [-0.3, -0.25) is 5.41 Å². The highest BCUT2D eigenvalue weighted by molar-refractivity contribution is 5.52. The zero-order chi connectivity index (χ0) is 9.40. The minimum absolute atomic E-state index is 0.125. The van der Waals surface area contributed by atoms with Gasteiger partial charge in [0, 0.05) is 7.05 Å². The van der Waals surface area contributed by atoms with Crippen LogP contribution in [0.15, 0.2) is 23.9 Å². The molecule has 0 bridgehead atoms. The average molecular weight is 167 g/mol. The Morgan fingerprint density at radius 3 is 2.58 bits per heavy atom.